The Kier molecular flexibility index (Phi) is 4.48. The van der Waals surface area contributed by atoms with Crippen LogP contribution in [0.5, 0.6) is 5.75 Å². The van der Waals surface area contributed by atoms with Crippen LogP contribution in [-0.2, 0) is 0 Å². The van der Waals surface area contributed by atoms with Gasteiger partial charge in [0.15, 0.2) is 0 Å². The fraction of sp³-hybridized carbons (Fsp3) is 0.200. The van der Waals surface area contributed by atoms with Crippen LogP contribution in [-0.4, -0.2) is 13.2 Å². The van der Waals surface area contributed by atoms with E-state index in [2.05, 4.69) is 5.32 Å². The first-order chi connectivity index (χ1) is 8.75. The molecule has 0 atom stereocenters. The molecule has 0 saturated heterocycles. The highest BCUT2D eigenvalue weighted by molar-refractivity contribution is 6.30. The van der Waals surface area contributed by atoms with Crippen molar-refractivity contribution in [2.75, 3.05) is 18.5 Å². The summed E-state index contributed by atoms with van der Waals surface area (Å²) in [4.78, 5) is 0. The van der Waals surface area contributed by atoms with Crippen LogP contribution in [0.1, 0.15) is 5.56 Å². The largest absolute Gasteiger partial charge is 0.492 e. The molecule has 0 spiro atoms. The molecule has 0 aliphatic carbocycles. The number of nitrogens with one attached hydrogen (secondary N) is 1. The Hall–Kier alpha value is -1.67. The molecule has 0 aliphatic rings. The molecule has 2 aromatic rings. The van der Waals surface area contributed by atoms with Crippen molar-refractivity contribution >= 4 is 17.3 Å². The average molecular weight is 262 g/mol. The summed E-state index contributed by atoms with van der Waals surface area (Å²) in [6, 6.07) is 15.6. The maximum atomic E-state index is 5.91. The van der Waals surface area contributed by atoms with E-state index in [1.165, 1.54) is 0 Å². The Morgan fingerprint density at radius 1 is 1.11 bits per heavy atom. The second kappa shape index (κ2) is 6.31. The van der Waals surface area contributed by atoms with Gasteiger partial charge < -0.3 is 10.1 Å². The summed E-state index contributed by atoms with van der Waals surface area (Å²) in [6.45, 7) is 3.43. The molecule has 0 fully saturated rings. The normalized spacial score (nSPS) is 10.1. The van der Waals surface area contributed by atoms with E-state index in [-0.39, 0.29) is 0 Å². The van der Waals surface area contributed by atoms with Crippen LogP contribution in [0, 0.1) is 6.92 Å². The predicted molar refractivity (Wildman–Crippen MR) is 76.6 cm³/mol. The van der Waals surface area contributed by atoms with E-state index in [1.807, 2.05) is 55.5 Å². The zero-order chi connectivity index (χ0) is 12.8. The van der Waals surface area contributed by atoms with E-state index in [4.69, 9.17) is 16.3 Å². The fourth-order valence-electron chi connectivity index (χ4n) is 1.70. The summed E-state index contributed by atoms with van der Waals surface area (Å²) in [7, 11) is 0. The summed E-state index contributed by atoms with van der Waals surface area (Å²) in [5.41, 5.74) is 2.23. The van der Waals surface area contributed by atoms with E-state index in [9.17, 15) is 0 Å². The zero-order valence-electron chi connectivity index (χ0n) is 10.3. The molecule has 0 amide bonds. The second-order valence-corrected chi connectivity index (χ2v) is 4.48. The van der Waals surface area contributed by atoms with Gasteiger partial charge in [0.25, 0.3) is 0 Å². The van der Waals surface area contributed by atoms with E-state index >= 15 is 0 Å². The van der Waals surface area contributed by atoms with Crippen LogP contribution < -0.4 is 10.1 Å². The molecular weight excluding hydrogens is 246 g/mol. The number of benzene rings is 2. The minimum atomic E-state index is 0.631. The molecule has 0 aliphatic heterocycles. The number of hydrogen-bond acceptors (Lipinski definition) is 2. The standard InChI is InChI=1S/C15H16ClNO/c1-12-11-13(16)7-8-15(12)17-9-10-18-14-5-3-2-4-6-14/h2-8,11,17H,9-10H2,1H3. The molecule has 0 saturated carbocycles. The van der Waals surface area contributed by atoms with Crippen LogP contribution in [0.3, 0.4) is 0 Å². The fourth-order valence-corrected chi connectivity index (χ4v) is 1.92. The van der Waals surface area contributed by atoms with Gasteiger partial charge in [-0.2, -0.15) is 0 Å². The lowest BCUT2D eigenvalue weighted by Crippen LogP contribution is -2.12. The van der Waals surface area contributed by atoms with E-state index in [1.54, 1.807) is 0 Å². The smallest absolute Gasteiger partial charge is 0.119 e. The Bertz CT molecular complexity index is 499. The van der Waals surface area contributed by atoms with Gasteiger partial charge in [0.2, 0.25) is 0 Å². The lowest BCUT2D eigenvalue weighted by atomic mass is 10.2. The van der Waals surface area contributed by atoms with Gasteiger partial charge in [-0.1, -0.05) is 29.8 Å². The first-order valence-electron chi connectivity index (χ1n) is 5.93. The van der Waals surface area contributed by atoms with Gasteiger partial charge in [-0.05, 0) is 42.8 Å². The van der Waals surface area contributed by atoms with Gasteiger partial charge in [0.05, 0.1) is 0 Å². The summed E-state index contributed by atoms with van der Waals surface area (Å²) in [5.74, 6) is 0.895. The van der Waals surface area contributed by atoms with Crippen molar-refractivity contribution in [1.29, 1.82) is 0 Å². The second-order valence-electron chi connectivity index (χ2n) is 4.05. The minimum absolute atomic E-state index is 0.631. The third-order valence-corrected chi connectivity index (χ3v) is 2.85. The third-order valence-electron chi connectivity index (χ3n) is 2.62. The Morgan fingerprint density at radius 3 is 2.61 bits per heavy atom. The number of halogens is 1. The van der Waals surface area contributed by atoms with Crippen molar-refractivity contribution in [3.05, 3.63) is 59.1 Å². The van der Waals surface area contributed by atoms with Crippen LogP contribution in [0.4, 0.5) is 5.69 Å². The molecular formula is C15H16ClNO. The van der Waals surface area contributed by atoms with Gasteiger partial charge in [-0.15, -0.1) is 0 Å². The van der Waals surface area contributed by atoms with Crippen molar-refractivity contribution in [3.63, 3.8) is 0 Å². The topological polar surface area (TPSA) is 21.3 Å². The van der Waals surface area contributed by atoms with Gasteiger partial charge in [0, 0.05) is 17.3 Å². The minimum Gasteiger partial charge on any atom is -0.492 e. The molecule has 18 heavy (non-hydrogen) atoms. The number of ether oxygens (including phenoxy) is 1. The predicted octanol–water partition coefficient (Wildman–Crippen LogP) is 4.14. The number of hydrogen-bond donors (Lipinski definition) is 1. The van der Waals surface area contributed by atoms with Gasteiger partial charge in [0.1, 0.15) is 12.4 Å². The van der Waals surface area contributed by atoms with Crippen LogP contribution >= 0.6 is 11.6 Å². The molecule has 3 heteroatoms. The van der Waals surface area contributed by atoms with Crippen molar-refractivity contribution in [2.45, 2.75) is 6.92 Å². The maximum absolute atomic E-state index is 5.91. The number of aryl methyl sites for hydroxylation is 1. The Balaban J connectivity index is 1.79. The first-order valence-corrected chi connectivity index (χ1v) is 6.31. The molecule has 2 nitrogen and oxygen atoms in total. The lowest BCUT2D eigenvalue weighted by Gasteiger charge is -2.10. The molecule has 0 heterocycles. The highest BCUT2D eigenvalue weighted by Gasteiger charge is 1.98. The lowest BCUT2D eigenvalue weighted by molar-refractivity contribution is 0.333. The summed E-state index contributed by atoms with van der Waals surface area (Å²) >= 11 is 5.91. The van der Waals surface area contributed by atoms with E-state index < -0.39 is 0 Å². The van der Waals surface area contributed by atoms with Crippen LogP contribution in [0.2, 0.25) is 5.02 Å². The number of para-hydroxylation sites is 1. The third kappa shape index (κ3) is 3.67. The van der Waals surface area contributed by atoms with Crippen molar-refractivity contribution < 1.29 is 4.74 Å². The summed E-state index contributed by atoms with van der Waals surface area (Å²) < 4.78 is 5.60. The molecule has 2 aromatic carbocycles. The molecule has 0 unspecified atom stereocenters. The van der Waals surface area contributed by atoms with Crippen molar-refractivity contribution in [1.82, 2.24) is 0 Å². The Labute approximate surface area is 113 Å². The van der Waals surface area contributed by atoms with E-state index in [0.29, 0.717) is 6.61 Å². The monoisotopic (exact) mass is 261 g/mol. The van der Waals surface area contributed by atoms with Crippen LogP contribution in [0.25, 0.3) is 0 Å². The maximum Gasteiger partial charge on any atom is 0.119 e. The van der Waals surface area contributed by atoms with Gasteiger partial charge in [-0.3, -0.25) is 0 Å². The molecule has 0 aromatic heterocycles. The van der Waals surface area contributed by atoms with Crippen LogP contribution in [0.15, 0.2) is 48.5 Å². The number of rotatable bonds is 5. The summed E-state index contributed by atoms with van der Waals surface area (Å²) in [6.07, 6.45) is 0. The molecule has 0 radical (unpaired) electrons. The average Bonchev–Trinajstić information content (AvgIpc) is 2.38. The number of anilines is 1. The van der Waals surface area contributed by atoms with Gasteiger partial charge >= 0.3 is 0 Å². The first kappa shape index (κ1) is 12.8. The van der Waals surface area contributed by atoms with Crippen molar-refractivity contribution in [3.8, 4) is 5.75 Å². The summed E-state index contributed by atoms with van der Waals surface area (Å²) in [5, 5.41) is 4.09. The molecule has 1 N–H and O–H groups in total. The quantitative estimate of drug-likeness (QED) is 0.817. The highest BCUT2D eigenvalue weighted by Crippen LogP contribution is 2.19. The molecule has 0 bridgehead atoms. The molecule has 2 rings (SSSR count). The molecule has 94 valence electrons. The SMILES string of the molecule is Cc1cc(Cl)ccc1NCCOc1ccccc1. The Morgan fingerprint density at radius 2 is 1.89 bits per heavy atom. The van der Waals surface area contributed by atoms with E-state index in [0.717, 1.165) is 28.6 Å². The zero-order valence-corrected chi connectivity index (χ0v) is 11.1. The highest BCUT2D eigenvalue weighted by atomic mass is 35.5. The van der Waals surface area contributed by atoms with Crippen molar-refractivity contribution in [2.24, 2.45) is 0 Å². The van der Waals surface area contributed by atoms with Gasteiger partial charge in [-0.25, -0.2) is 0 Å².